The number of anilines is 1. The number of benzene rings is 2. The lowest BCUT2D eigenvalue weighted by Gasteiger charge is -2.26. The van der Waals surface area contributed by atoms with Crippen molar-refractivity contribution in [1.29, 1.82) is 0 Å². The van der Waals surface area contributed by atoms with E-state index < -0.39 is 5.97 Å². The molecule has 2 aromatic carbocycles. The Balaban J connectivity index is 1.78. The van der Waals surface area contributed by atoms with E-state index in [-0.39, 0.29) is 0 Å². The number of hydrogen-bond donors (Lipinski definition) is 1. The lowest BCUT2D eigenvalue weighted by atomic mass is 9.81. The summed E-state index contributed by atoms with van der Waals surface area (Å²) >= 11 is 0. The van der Waals surface area contributed by atoms with Crippen LogP contribution in [0.25, 0.3) is 22.2 Å². The Labute approximate surface area is 194 Å². The van der Waals surface area contributed by atoms with Crippen LogP contribution in [0, 0.1) is 0 Å². The van der Waals surface area contributed by atoms with E-state index in [9.17, 15) is 9.90 Å². The number of carboxylic acids is 1. The fourth-order valence-electron chi connectivity index (χ4n) is 5.71. The molecular formula is C27H32N2O4. The van der Waals surface area contributed by atoms with Gasteiger partial charge >= 0.3 is 5.97 Å². The molecule has 0 atom stereocenters. The van der Waals surface area contributed by atoms with Crippen LogP contribution in [0.3, 0.4) is 0 Å². The SMILES string of the molecule is COCCN1CCn2c(c(C3CCCCC3)c3ccc(C(=O)O)cc32)-c2ccc(OC)cc21. The Bertz CT molecular complexity index is 1180. The molecule has 33 heavy (non-hydrogen) atoms. The van der Waals surface area contributed by atoms with Crippen LogP contribution in [0.1, 0.15) is 53.9 Å². The molecule has 1 aromatic heterocycles. The van der Waals surface area contributed by atoms with E-state index in [4.69, 9.17) is 9.47 Å². The van der Waals surface area contributed by atoms with Crippen LogP contribution in [0.2, 0.25) is 0 Å². The molecule has 0 spiro atoms. The molecular weight excluding hydrogens is 416 g/mol. The van der Waals surface area contributed by atoms with Crippen LogP contribution in [0.5, 0.6) is 5.75 Å². The molecule has 2 aliphatic rings. The van der Waals surface area contributed by atoms with Gasteiger partial charge in [0, 0.05) is 55.0 Å². The highest BCUT2D eigenvalue weighted by atomic mass is 16.5. The van der Waals surface area contributed by atoms with E-state index in [1.807, 2.05) is 18.2 Å². The molecule has 0 radical (unpaired) electrons. The van der Waals surface area contributed by atoms with Crippen molar-refractivity contribution in [2.45, 2.75) is 44.6 Å². The zero-order chi connectivity index (χ0) is 22.9. The summed E-state index contributed by atoms with van der Waals surface area (Å²) in [5, 5.41) is 10.9. The fraction of sp³-hybridized carbons (Fsp3) is 0.444. The van der Waals surface area contributed by atoms with Crippen molar-refractivity contribution in [3.05, 3.63) is 47.5 Å². The highest BCUT2D eigenvalue weighted by molar-refractivity contribution is 5.99. The second-order valence-electron chi connectivity index (χ2n) is 9.15. The van der Waals surface area contributed by atoms with Gasteiger partial charge in [0.25, 0.3) is 0 Å². The molecule has 0 saturated heterocycles. The lowest BCUT2D eigenvalue weighted by molar-refractivity contribution is 0.0697. The molecule has 0 unspecified atom stereocenters. The van der Waals surface area contributed by atoms with Crippen molar-refractivity contribution >= 4 is 22.6 Å². The largest absolute Gasteiger partial charge is 0.497 e. The standard InChI is InChI=1S/C27H32N2O4/c1-32-15-14-28-12-13-29-24-16-19(27(30)31)8-10-21(24)25(18-6-4-3-5-7-18)26(29)22-11-9-20(33-2)17-23(22)28/h8-11,16-18H,3-7,12-15H2,1-2H3,(H,30,31). The Hall–Kier alpha value is -2.99. The summed E-state index contributed by atoms with van der Waals surface area (Å²) < 4.78 is 13.3. The number of hydrogen-bond acceptors (Lipinski definition) is 4. The van der Waals surface area contributed by atoms with Gasteiger partial charge in [0.05, 0.1) is 25.0 Å². The first kappa shape index (κ1) is 21.8. The van der Waals surface area contributed by atoms with Gasteiger partial charge in [0.15, 0.2) is 0 Å². The first-order valence-corrected chi connectivity index (χ1v) is 11.9. The fourth-order valence-corrected chi connectivity index (χ4v) is 5.71. The van der Waals surface area contributed by atoms with Gasteiger partial charge in [-0.1, -0.05) is 25.3 Å². The van der Waals surface area contributed by atoms with E-state index in [0.717, 1.165) is 36.6 Å². The van der Waals surface area contributed by atoms with Crippen molar-refractivity contribution in [1.82, 2.24) is 4.57 Å². The molecule has 3 aromatic rings. The van der Waals surface area contributed by atoms with E-state index in [2.05, 4.69) is 21.6 Å². The quantitative estimate of drug-likeness (QED) is 0.537. The molecule has 1 aliphatic heterocycles. The number of methoxy groups -OCH3 is 2. The number of rotatable bonds is 6. The molecule has 0 bridgehead atoms. The van der Waals surface area contributed by atoms with E-state index in [1.165, 1.54) is 54.3 Å². The summed E-state index contributed by atoms with van der Waals surface area (Å²) in [4.78, 5) is 14.1. The maximum absolute atomic E-state index is 11.8. The number of aromatic nitrogens is 1. The van der Waals surface area contributed by atoms with Crippen molar-refractivity contribution in [3.8, 4) is 17.0 Å². The number of ether oxygens (including phenoxy) is 2. The molecule has 1 aliphatic carbocycles. The highest BCUT2D eigenvalue weighted by Crippen LogP contribution is 2.48. The van der Waals surface area contributed by atoms with Gasteiger partial charge in [-0.15, -0.1) is 0 Å². The van der Waals surface area contributed by atoms with Crippen molar-refractivity contribution in [2.75, 3.05) is 38.8 Å². The third-order valence-electron chi connectivity index (χ3n) is 7.32. The molecule has 174 valence electrons. The first-order chi connectivity index (χ1) is 16.1. The third-order valence-corrected chi connectivity index (χ3v) is 7.32. The van der Waals surface area contributed by atoms with Crippen molar-refractivity contribution in [3.63, 3.8) is 0 Å². The first-order valence-electron chi connectivity index (χ1n) is 11.9. The zero-order valence-electron chi connectivity index (χ0n) is 19.5. The minimum Gasteiger partial charge on any atom is -0.497 e. The molecule has 1 saturated carbocycles. The van der Waals surface area contributed by atoms with Gasteiger partial charge in [-0.3, -0.25) is 0 Å². The Morgan fingerprint density at radius 2 is 1.88 bits per heavy atom. The van der Waals surface area contributed by atoms with Crippen LogP contribution < -0.4 is 9.64 Å². The number of fused-ring (bicyclic) bond motifs is 5. The van der Waals surface area contributed by atoms with Crippen molar-refractivity contribution < 1.29 is 19.4 Å². The number of aromatic carboxylic acids is 1. The monoisotopic (exact) mass is 448 g/mol. The predicted octanol–water partition coefficient (Wildman–Crippen LogP) is 5.53. The van der Waals surface area contributed by atoms with Gasteiger partial charge in [0.2, 0.25) is 0 Å². The molecule has 5 rings (SSSR count). The van der Waals surface area contributed by atoms with Crippen molar-refractivity contribution in [2.24, 2.45) is 0 Å². The Morgan fingerprint density at radius 3 is 2.61 bits per heavy atom. The average molecular weight is 449 g/mol. The van der Waals surface area contributed by atoms with Gasteiger partial charge < -0.3 is 24.0 Å². The Morgan fingerprint density at radius 1 is 1.06 bits per heavy atom. The van der Waals surface area contributed by atoms with E-state index in [1.54, 1.807) is 20.3 Å². The molecule has 6 heteroatoms. The maximum atomic E-state index is 11.8. The average Bonchev–Trinajstić information content (AvgIpc) is 3.08. The predicted molar refractivity (Wildman–Crippen MR) is 131 cm³/mol. The molecule has 2 heterocycles. The highest BCUT2D eigenvalue weighted by Gasteiger charge is 2.30. The smallest absolute Gasteiger partial charge is 0.335 e. The topological polar surface area (TPSA) is 63.9 Å². The molecule has 1 N–H and O–H groups in total. The molecule has 0 amide bonds. The summed E-state index contributed by atoms with van der Waals surface area (Å²) in [6.07, 6.45) is 6.17. The van der Waals surface area contributed by atoms with Crippen LogP contribution in [0.4, 0.5) is 5.69 Å². The minimum atomic E-state index is -0.882. The summed E-state index contributed by atoms with van der Waals surface area (Å²) in [6.45, 7) is 3.05. The number of nitrogens with zero attached hydrogens (tertiary/aromatic N) is 2. The molecule has 6 nitrogen and oxygen atoms in total. The Kier molecular flexibility index (Phi) is 6.02. The zero-order valence-corrected chi connectivity index (χ0v) is 19.5. The van der Waals surface area contributed by atoms with Gasteiger partial charge in [-0.2, -0.15) is 0 Å². The maximum Gasteiger partial charge on any atom is 0.335 e. The van der Waals surface area contributed by atoms with Crippen LogP contribution in [0.15, 0.2) is 36.4 Å². The van der Waals surface area contributed by atoms with Crippen LogP contribution in [-0.2, 0) is 11.3 Å². The van der Waals surface area contributed by atoms with E-state index >= 15 is 0 Å². The number of carbonyl (C=O) groups is 1. The third kappa shape index (κ3) is 3.86. The summed E-state index contributed by atoms with van der Waals surface area (Å²) in [6, 6.07) is 12.0. The lowest BCUT2D eigenvalue weighted by Crippen LogP contribution is -2.29. The van der Waals surface area contributed by atoms with Crippen LogP contribution in [-0.4, -0.2) is 49.6 Å². The minimum absolute atomic E-state index is 0.341. The second kappa shape index (κ2) is 9.10. The second-order valence-corrected chi connectivity index (χ2v) is 9.15. The van der Waals surface area contributed by atoms with Gasteiger partial charge in [-0.25, -0.2) is 4.79 Å². The van der Waals surface area contributed by atoms with Gasteiger partial charge in [-0.05, 0) is 48.6 Å². The number of carboxylic acid groups (broad SMARTS) is 1. The van der Waals surface area contributed by atoms with E-state index in [0.29, 0.717) is 18.1 Å². The normalized spacial score (nSPS) is 16.4. The summed E-state index contributed by atoms with van der Waals surface area (Å²) in [5.74, 6) is 0.453. The molecule has 1 fully saturated rings. The summed E-state index contributed by atoms with van der Waals surface area (Å²) in [5.41, 5.74) is 6.36. The van der Waals surface area contributed by atoms with Gasteiger partial charge in [0.1, 0.15) is 5.75 Å². The summed E-state index contributed by atoms with van der Waals surface area (Å²) in [7, 11) is 3.44. The van der Waals surface area contributed by atoms with Crippen LogP contribution >= 0.6 is 0 Å².